The van der Waals surface area contributed by atoms with E-state index in [9.17, 15) is 13.2 Å². The fraction of sp³-hybridized carbons (Fsp3) is 0.435. The van der Waals surface area contributed by atoms with Crippen molar-refractivity contribution in [3.8, 4) is 11.5 Å². The Morgan fingerprint density at radius 2 is 1.78 bits per heavy atom. The quantitative estimate of drug-likeness (QED) is 0.680. The SMILES string of the molecule is COc1ccc(NC(=O)C(C)Oc2cc(C)cc(C)c2C)cc1S(=O)(=O)N1CCOCC1. The molecule has 1 aliphatic heterocycles. The van der Waals surface area contributed by atoms with Crippen molar-refractivity contribution in [3.63, 3.8) is 0 Å². The van der Waals surface area contributed by atoms with Gasteiger partial charge in [0.2, 0.25) is 10.0 Å². The average molecular weight is 463 g/mol. The summed E-state index contributed by atoms with van der Waals surface area (Å²) < 4.78 is 44.0. The summed E-state index contributed by atoms with van der Waals surface area (Å²) in [5.74, 6) is 0.476. The summed E-state index contributed by atoms with van der Waals surface area (Å²) in [6.07, 6.45) is -0.781. The van der Waals surface area contributed by atoms with Crippen LogP contribution in [0, 0.1) is 20.8 Å². The number of carbonyl (C=O) groups is 1. The molecule has 1 atom stereocenters. The highest BCUT2D eigenvalue weighted by Crippen LogP contribution is 2.30. The zero-order valence-corrected chi connectivity index (χ0v) is 19.9. The van der Waals surface area contributed by atoms with Crippen LogP contribution < -0.4 is 14.8 Å². The van der Waals surface area contributed by atoms with Crippen LogP contribution >= 0.6 is 0 Å². The van der Waals surface area contributed by atoms with Crippen LogP contribution in [0.1, 0.15) is 23.6 Å². The molecule has 1 heterocycles. The number of amides is 1. The van der Waals surface area contributed by atoms with Crippen molar-refractivity contribution in [3.05, 3.63) is 47.0 Å². The highest BCUT2D eigenvalue weighted by atomic mass is 32.2. The number of rotatable bonds is 7. The first-order chi connectivity index (χ1) is 15.1. The summed E-state index contributed by atoms with van der Waals surface area (Å²) in [6.45, 7) is 8.77. The minimum Gasteiger partial charge on any atom is -0.495 e. The number of carbonyl (C=O) groups excluding carboxylic acids is 1. The lowest BCUT2D eigenvalue weighted by Gasteiger charge is -2.27. The Morgan fingerprint density at radius 1 is 1.09 bits per heavy atom. The molecule has 2 aromatic carbocycles. The molecule has 174 valence electrons. The normalized spacial score (nSPS) is 15.8. The van der Waals surface area contributed by atoms with Gasteiger partial charge in [-0.3, -0.25) is 4.79 Å². The van der Waals surface area contributed by atoms with Crippen molar-refractivity contribution < 1.29 is 27.4 Å². The molecule has 1 N–H and O–H groups in total. The molecule has 0 aliphatic carbocycles. The Bertz CT molecular complexity index is 1090. The third-order valence-corrected chi connectivity index (χ3v) is 7.38. The average Bonchev–Trinajstić information content (AvgIpc) is 2.77. The molecular formula is C23H30N2O6S. The van der Waals surface area contributed by atoms with Crippen LogP contribution in [0.3, 0.4) is 0 Å². The maximum atomic E-state index is 13.1. The molecule has 0 spiro atoms. The van der Waals surface area contributed by atoms with Crippen LogP contribution in [0.4, 0.5) is 5.69 Å². The van der Waals surface area contributed by atoms with E-state index in [0.717, 1.165) is 16.7 Å². The van der Waals surface area contributed by atoms with Gasteiger partial charge in [0.25, 0.3) is 5.91 Å². The highest BCUT2D eigenvalue weighted by Gasteiger charge is 2.30. The van der Waals surface area contributed by atoms with Gasteiger partial charge < -0.3 is 19.5 Å². The molecule has 0 bridgehead atoms. The Hall–Kier alpha value is -2.62. The minimum absolute atomic E-state index is 0.00146. The van der Waals surface area contributed by atoms with E-state index in [1.807, 2.05) is 26.8 Å². The topological polar surface area (TPSA) is 94.2 Å². The minimum atomic E-state index is -3.80. The molecule has 0 aromatic heterocycles. The van der Waals surface area contributed by atoms with E-state index in [-0.39, 0.29) is 29.6 Å². The Labute approximate surface area is 189 Å². The number of morpholine rings is 1. The predicted octanol–water partition coefficient (Wildman–Crippen LogP) is 3.05. The fourth-order valence-corrected chi connectivity index (χ4v) is 5.08. The van der Waals surface area contributed by atoms with Crippen LogP contribution in [-0.4, -0.2) is 58.1 Å². The molecule has 3 rings (SSSR count). The second-order valence-corrected chi connectivity index (χ2v) is 9.74. The highest BCUT2D eigenvalue weighted by molar-refractivity contribution is 7.89. The van der Waals surface area contributed by atoms with E-state index in [2.05, 4.69) is 11.4 Å². The van der Waals surface area contributed by atoms with Crippen LogP contribution in [-0.2, 0) is 19.6 Å². The summed E-state index contributed by atoms with van der Waals surface area (Å²) in [4.78, 5) is 12.8. The fourth-order valence-electron chi connectivity index (χ4n) is 3.49. The van der Waals surface area contributed by atoms with Gasteiger partial charge in [0.15, 0.2) is 6.10 Å². The molecule has 0 saturated carbocycles. The van der Waals surface area contributed by atoms with E-state index >= 15 is 0 Å². The first kappa shape index (κ1) is 24.0. The number of nitrogens with one attached hydrogen (secondary N) is 1. The summed E-state index contributed by atoms with van der Waals surface area (Å²) in [5.41, 5.74) is 3.44. The number of methoxy groups -OCH3 is 1. The molecular weight excluding hydrogens is 432 g/mol. The van der Waals surface area contributed by atoms with Gasteiger partial charge in [-0.05, 0) is 68.7 Å². The molecule has 1 unspecified atom stereocenters. The molecule has 0 radical (unpaired) electrons. The third-order valence-electron chi connectivity index (χ3n) is 5.46. The molecule has 1 fully saturated rings. The smallest absolute Gasteiger partial charge is 0.265 e. The van der Waals surface area contributed by atoms with E-state index in [4.69, 9.17) is 14.2 Å². The lowest BCUT2D eigenvalue weighted by atomic mass is 10.1. The second kappa shape index (κ2) is 9.89. The van der Waals surface area contributed by atoms with E-state index in [1.165, 1.54) is 23.5 Å². The van der Waals surface area contributed by atoms with E-state index in [1.54, 1.807) is 13.0 Å². The van der Waals surface area contributed by atoms with Crippen molar-refractivity contribution in [1.29, 1.82) is 0 Å². The molecule has 1 amide bonds. The zero-order chi connectivity index (χ0) is 23.5. The molecule has 9 heteroatoms. The lowest BCUT2D eigenvalue weighted by Crippen LogP contribution is -2.40. The van der Waals surface area contributed by atoms with Crippen LogP contribution in [0.15, 0.2) is 35.2 Å². The number of benzene rings is 2. The lowest BCUT2D eigenvalue weighted by molar-refractivity contribution is -0.122. The third kappa shape index (κ3) is 5.23. The molecule has 8 nitrogen and oxygen atoms in total. The van der Waals surface area contributed by atoms with Gasteiger partial charge >= 0.3 is 0 Å². The number of anilines is 1. The number of hydrogen-bond donors (Lipinski definition) is 1. The van der Waals surface area contributed by atoms with Crippen LogP contribution in [0.5, 0.6) is 11.5 Å². The first-order valence-electron chi connectivity index (χ1n) is 10.4. The van der Waals surface area contributed by atoms with Crippen molar-refractivity contribution in [1.82, 2.24) is 4.31 Å². The summed E-state index contributed by atoms with van der Waals surface area (Å²) >= 11 is 0. The largest absolute Gasteiger partial charge is 0.495 e. The van der Waals surface area contributed by atoms with Crippen molar-refractivity contribution in [2.45, 2.75) is 38.7 Å². The Balaban J connectivity index is 1.80. The van der Waals surface area contributed by atoms with Gasteiger partial charge in [0, 0.05) is 18.8 Å². The monoisotopic (exact) mass is 462 g/mol. The molecule has 1 saturated heterocycles. The second-order valence-electron chi connectivity index (χ2n) is 7.84. The predicted molar refractivity (Wildman–Crippen MR) is 122 cm³/mol. The number of sulfonamides is 1. The number of aryl methyl sites for hydroxylation is 2. The zero-order valence-electron chi connectivity index (χ0n) is 19.1. The Kier molecular flexibility index (Phi) is 7.43. The van der Waals surface area contributed by atoms with Gasteiger partial charge in [-0.15, -0.1) is 0 Å². The number of ether oxygens (including phenoxy) is 3. The van der Waals surface area contributed by atoms with E-state index in [0.29, 0.717) is 24.7 Å². The summed E-state index contributed by atoms with van der Waals surface area (Å²) in [5, 5.41) is 2.75. The van der Waals surface area contributed by atoms with Gasteiger partial charge in [-0.2, -0.15) is 4.31 Å². The first-order valence-corrected chi connectivity index (χ1v) is 11.9. The molecule has 32 heavy (non-hydrogen) atoms. The van der Waals surface area contributed by atoms with Crippen molar-refractivity contribution >= 4 is 21.6 Å². The number of nitrogens with zero attached hydrogens (tertiary/aromatic N) is 1. The van der Waals surface area contributed by atoms with Crippen LogP contribution in [0.25, 0.3) is 0 Å². The van der Waals surface area contributed by atoms with Gasteiger partial charge in [0.05, 0.1) is 20.3 Å². The van der Waals surface area contributed by atoms with Crippen molar-refractivity contribution in [2.24, 2.45) is 0 Å². The Morgan fingerprint density at radius 3 is 2.44 bits per heavy atom. The van der Waals surface area contributed by atoms with Crippen molar-refractivity contribution in [2.75, 3.05) is 38.7 Å². The summed E-state index contributed by atoms with van der Waals surface area (Å²) in [6, 6.07) is 8.50. The summed E-state index contributed by atoms with van der Waals surface area (Å²) in [7, 11) is -2.39. The van der Waals surface area contributed by atoms with Crippen LogP contribution in [0.2, 0.25) is 0 Å². The maximum absolute atomic E-state index is 13.1. The van der Waals surface area contributed by atoms with Gasteiger partial charge in [-0.25, -0.2) is 8.42 Å². The number of hydrogen-bond acceptors (Lipinski definition) is 6. The molecule has 1 aliphatic rings. The van der Waals surface area contributed by atoms with Gasteiger partial charge in [-0.1, -0.05) is 6.07 Å². The van der Waals surface area contributed by atoms with E-state index < -0.39 is 16.1 Å². The molecule has 2 aromatic rings. The van der Waals surface area contributed by atoms with Gasteiger partial charge in [0.1, 0.15) is 16.4 Å². The standard InChI is InChI=1S/C23H30N2O6S/c1-15-12-16(2)17(3)21(13-15)31-18(4)23(26)24-19-6-7-20(29-5)22(14-19)32(27,28)25-8-10-30-11-9-25/h6-7,12-14,18H,8-11H2,1-5H3,(H,24,26). The maximum Gasteiger partial charge on any atom is 0.265 e.